The average Bonchev–Trinajstić information content (AvgIpc) is 2.79. The van der Waals surface area contributed by atoms with Crippen LogP contribution in [-0.4, -0.2) is 15.0 Å². The van der Waals surface area contributed by atoms with Crippen molar-refractivity contribution in [2.24, 2.45) is 0 Å². The summed E-state index contributed by atoms with van der Waals surface area (Å²) in [5.41, 5.74) is 1.49. The number of pyridine rings is 1. The first-order valence-corrected chi connectivity index (χ1v) is 4.46. The molecule has 0 saturated heterocycles. The molecule has 5 heteroatoms. The molecule has 0 aliphatic carbocycles. The van der Waals surface area contributed by atoms with Gasteiger partial charge in [-0.05, 0) is 12.1 Å². The molecule has 2 aromatic heterocycles. The van der Waals surface area contributed by atoms with Gasteiger partial charge in [-0.3, -0.25) is 0 Å². The minimum absolute atomic E-state index is 0.539. The van der Waals surface area contributed by atoms with Crippen molar-refractivity contribution in [3.63, 3.8) is 0 Å². The Labute approximate surface area is 86.8 Å². The van der Waals surface area contributed by atoms with Crippen molar-refractivity contribution in [1.82, 2.24) is 15.0 Å². The molecule has 2 aromatic rings. The number of nitrogens with one attached hydrogen (secondary N) is 2. The van der Waals surface area contributed by atoms with Gasteiger partial charge in [-0.1, -0.05) is 0 Å². The minimum atomic E-state index is 0.539. The van der Waals surface area contributed by atoms with Crippen LogP contribution in [-0.2, 0) is 6.54 Å². The van der Waals surface area contributed by atoms with Crippen LogP contribution in [0.2, 0.25) is 0 Å². The molecule has 2 N–H and O–H groups in total. The van der Waals surface area contributed by atoms with Crippen LogP contribution in [0.15, 0.2) is 30.9 Å². The number of nitrogens with zero attached hydrogens (tertiary/aromatic N) is 3. The fourth-order valence-corrected chi connectivity index (χ4v) is 1.20. The van der Waals surface area contributed by atoms with Crippen LogP contribution in [0.1, 0.15) is 11.3 Å². The molecule has 2 rings (SSSR count). The maximum atomic E-state index is 8.83. The van der Waals surface area contributed by atoms with Crippen LogP contribution in [0, 0.1) is 11.3 Å². The molecule has 0 spiro atoms. The minimum Gasteiger partial charge on any atom is -0.363 e. The van der Waals surface area contributed by atoms with E-state index in [1.54, 1.807) is 30.9 Å². The summed E-state index contributed by atoms with van der Waals surface area (Å²) in [6, 6.07) is 5.54. The maximum absolute atomic E-state index is 8.83. The summed E-state index contributed by atoms with van der Waals surface area (Å²) in [4.78, 5) is 10.9. The van der Waals surface area contributed by atoms with E-state index in [-0.39, 0.29) is 0 Å². The monoisotopic (exact) mass is 199 g/mol. The smallest absolute Gasteiger partial charge is 0.144 e. The number of nitriles is 1. The van der Waals surface area contributed by atoms with Gasteiger partial charge in [0.25, 0.3) is 0 Å². The Hall–Kier alpha value is -2.35. The topological polar surface area (TPSA) is 77.4 Å². The van der Waals surface area contributed by atoms with Crippen LogP contribution in [0.4, 0.5) is 5.82 Å². The summed E-state index contributed by atoms with van der Waals surface area (Å²) in [6.45, 7) is 0.575. The molecule has 15 heavy (non-hydrogen) atoms. The molecule has 0 aliphatic heterocycles. The predicted molar refractivity (Wildman–Crippen MR) is 54.9 cm³/mol. The lowest BCUT2D eigenvalue weighted by Gasteiger charge is -2.04. The number of aromatic nitrogens is 3. The Kier molecular flexibility index (Phi) is 2.61. The standard InChI is InChI=1S/C10H9N5/c11-4-8-2-1-3-13-10(8)14-6-9-5-12-7-15-9/h1-3,5,7H,6H2,(H,12,15)(H,13,14). The second kappa shape index (κ2) is 4.24. The Morgan fingerprint density at radius 1 is 1.53 bits per heavy atom. The second-order valence-corrected chi connectivity index (χ2v) is 2.94. The Morgan fingerprint density at radius 3 is 3.20 bits per heavy atom. The Morgan fingerprint density at radius 2 is 2.47 bits per heavy atom. The number of imidazole rings is 1. The van der Waals surface area contributed by atoms with Gasteiger partial charge in [-0.2, -0.15) is 5.26 Å². The highest BCUT2D eigenvalue weighted by Gasteiger charge is 2.01. The molecule has 2 heterocycles. The third kappa shape index (κ3) is 2.11. The lowest BCUT2D eigenvalue weighted by molar-refractivity contribution is 1.05. The molecule has 0 fully saturated rings. The molecule has 74 valence electrons. The summed E-state index contributed by atoms with van der Waals surface area (Å²) >= 11 is 0. The molecular weight excluding hydrogens is 190 g/mol. The van der Waals surface area contributed by atoms with E-state index in [0.29, 0.717) is 17.9 Å². The molecule has 5 nitrogen and oxygen atoms in total. The van der Waals surface area contributed by atoms with Crippen molar-refractivity contribution < 1.29 is 0 Å². The zero-order valence-corrected chi connectivity index (χ0v) is 7.94. The second-order valence-electron chi connectivity index (χ2n) is 2.94. The number of rotatable bonds is 3. The van der Waals surface area contributed by atoms with Crippen molar-refractivity contribution in [2.45, 2.75) is 6.54 Å². The molecule has 0 bridgehead atoms. The van der Waals surface area contributed by atoms with Crippen LogP contribution in [0.25, 0.3) is 0 Å². The van der Waals surface area contributed by atoms with Gasteiger partial charge in [-0.15, -0.1) is 0 Å². The average molecular weight is 199 g/mol. The van der Waals surface area contributed by atoms with Crippen molar-refractivity contribution in [3.8, 4) is 6.07 Å². The quantitative estimate of drug-likeness (QED) is 0.780. The summed E-state index contributed by atoms with van der Waals surface area (Å²) in [5, 5.41) is 11.9. The van der Waals surface area contributed by atoms with Crippen LogP contribution in [0.5, 0.6) is 0 Å². The first-order chi connectivity index (χ1) is 7.40. The van der Waals surface area contributed by atoms with Gasteiger partial charge in [0.05, 0.1) is 24.1 Å². The van der Waals surface area contributed by atoms with Crippen molar-refractivity contribution in [3.05, 3.63) is 42.1 Å². The lowest BCUT2D eigenvalue weighted by Crippen LogP contribution is -2.03. The van der Waals surface area contributed by atoms with Crippen LogP contribution >= 0.6 is 0 Å². The summed E-state index contributed by atoms with van der Waals surface area (Å²) < 4.78 is 0. The molecular formula is C10H9N5. The number of H-pyrrole nitrogens is 1. The SMILES string of the molecule is N#Cc1cccnc1NCc1cnc[nH]1. The highest BCUT2D eigenvalue weighted by atomic mass is 15.0. The highest BCUT2D eigenvalue weighted by molar-refractivity contribution is 5.51. The van der Waals surface area contributed by atoms with Crippen LogP contribution < -0.4 is 5.32 Å². The van der Waals surface area contributed by atoms with Gasteiger partial charge in [0.2, 0.25) is 0 Å². The first-order valence-electron chi connectivity index (χ1n) is 4.46. The van der Waals surface area contributed by atoms with E-state index < -0.39 is 0 Å². The van der Waals surface area contributed by atoms with Gasteiger partial charge in [0.15, 0.2) is 0 Å². The maximum Gasteiger partial charge on any atom is 0.144 e. The first kappa shape index (κ1) is 9.21. The van der Waals surface area contributed by atoms with Gasteiger partial charge < -0.3 is 10.3 Å². The molecule has 0 aliphatic rings. The number of aromatic amines is 1. The van der Waals surface area contributed by atoms with E-state index in [1.807, 2.05) is 0 Å². The molecule has 0 aromatic carbocycles. The van der Waals surface area contributed by atoms with E-state index in [0.717, 1.165) is 5.69 Å². The highest BCUT2D eigenvalue weighted by Crippen LogP contribution is 2.10. The Bertz CT molecular complexity index is 469. The van der Waals surface area contributed by atoms with Crippen molar-refractivity contribution in [1.29, 1.82) is 5.26 Å². The van der Waals surface area contributed by atoms with E-state index in [4.69, 9.17) is 5.26 Å². The van der Waals surface area contributed by atoms with E-state index in [2.05, 4.69) is 26.3 Å². The van der Waals surface area contributed by atoms with Crippen molar-refractivity contribution in [2.75, 3.05) is 5.32 Å². The molecule has 0 amide bonds. The normalized spacial score (nSPS) is 9.53. The predicted octanol–water partition coefficient (Wildman–Crippen LogP) is 1.29. The van der Waals surface area contributed by atoms with E-state index in [1.165, 1.54) is 0 Å². The van der Waals surface area contributed by atoms with E-state index in [9.17, 15) is 0 Å². The van der Waals surface area contributed by atoms with Gasteiger partial charge >= 0.3 is 0 Å². The lowest BCUT2D eigenvalue weighted by atomic mass is 10.3. The number of anilines is 1. The van der Waals surface area contributed by atoms with Gasteiger partial charge in [-0.25, -0.2) is 9.97 Å². The fourth-order valence-electron chi connectivity index (χ4n) is 1.20. The molecule has 0 saturated carbocycles. The number of hydrogen-bond acceptors (Lipinski definition) is 4. The third-order valence-corrected chi connectivity index (χ3v) is 1.93. The fraction of sp³-hybridized carbons (Fsp3) is 0.100. The Balaban J connectivity index is 2.08. The van der Waals surface area contributed by atoms with Crippen LogP contribution in [0.3, 0.4) is 0 Å². The van der Waals surface area contributed by atoms with Gasteiger partial charge in [0, 0.05) is 12.4 Å². The molecule has 0 unspecified atom stereocenters. The largest absolute Gasteiger partial charge is 0.363 e. The van der Waals surface area contributed by atoms with Gasteiger partial charge in [0.1, 0.15) is 11.9 Å². The third-order valence-electron chi connectivity index (χ3n) is 1.93. The van der Waals surface area contributed by atoms with E-state index >= 15 is 0 Å². The summed E-state index contributed by atoms with van der Waals surface area (Å²) in [5.74, 6) is 0.592. The molecule has 0 radical (unpaired) electrons. The summed E-state index contributed by atoms with van der Waals surface area (Å²) in [6.07, 6.45) is 4.98. The zero-order chi connectivity index (χ0) is 10.5. The van der Waals surface area contributed by atoms with Crippen molar-refractivity contribution >= 4 is 5.82 Å². The number of hydrogen-bond donors (Lipinski definition) is 2. The molecule has 0 atom stereocenters. The summed E-state index contributed by atoms with van der Waals surface area (Å²) in [7, 11) is 0. The zero-order valence-electron chi connectivity index (χ0n) is 7.94.